The van der Waals surface area contributed by atoms with E-state index >= 15 is 0 Å². The monoisotopic (exact) mass is 453 g/mol. The Morgan fingerprint density at radius 3 is 2.64 bits per heavy atom. The maximum Gasteiger partial charge on any atom is 0.213 e. The fourth-order valence-corrected chi connectivity index (χ4v) is 2.17. The molecule has 0 radical (unpaired) electrons. The highest BCUT2D eigenvalue weighted by molar-refractivity contribution is 14.0. The van der Waals surface area contributed by atoms with Crippen LogP contribution >= 0.6 is 24.0 Å². The van der Waals surface area contributed by atoms with Crippen LogP contribution in [0, 0.1) is 5.92 Å². The third-order valence-corrected chi connectivity index (χ3v) is 3.81. The molecule has 0 bridgehead atoms. The number of guanidine groups is 1. The van der Waals surface area contributed by atoms with E-state index in [9.17, 15) is 0 Å². The summed E-state index contributed by atoms with van der Waals surface area (Å²) < 4.78 is 5.64. The van der Waals surface area contributed by atoms with E-state index in [1.54, 1.807) is 13.2 Å². The van der Waals surface area contributed by atoms with Crippen molar-refractivity contribution in [1.82, 2.24) is 20.6 Å². The first-order chi connectivity index (χ1) is 11.8. The average molecular weight is 453 g/mol. The minimum absolute atomic E-state index is 0. The number of rotatable bonds is 7. The van der Waals surface area contributed by atoms with E-state index in [1.807, 2.05) is 36.5 Å². The van der Waals surface area contributed by atoms with Gasteiger partial charge in [0.05, 0.1) is 18.8 Å². The molecular formula is C18H24IN5O. The molecule has 0 aromatic carbocycles. The van der Waals surface area contributed by atoms with Crippen molar-refractivity contribution in [2.75, 3.05) is 13.7 Å². The van der Waals surface area contributed by atoms with Gasteiger partial charge in [-0.05, 0) is 36.5 Å². The Bertz CT molecular complexity index is 659. The second-order valence-corrected chi connectivity index (χ2v) is 5.86. The zero-order chi connectivity index (χ0) is 16.6. The summed E-state index contributed by atoms with van der Waals surface area (Å²) in [5.74, 6) is 2.17. The first-order valence-corrected chi connectivity index (χ1v) is 8.25. The summed E-state index contributed by atoms with van der Waals surface area (Å²) in [5.41, 5.74) is 2.05. The molecule has 6 nitrogen and oxygen atoms in total. The van der Waals surface area contributed by atoms with Crippen LogP contribution in [0.2, 0.25) is 0 Å². The van der Waals surface area contributed by atoms with Gasteiger partial charge in [0.25, 0.3) is 0 Å². The minimum Gasteiger partial charge on any atom is -0.477 e. The van der Waals surface area contributed by atoms with Gasteiger partial charge in [-0.15, -0.1) is 24.0 Å². The van der Waals surface area contributed by atoms with Gasteiger partial charge in [-0.1, -0.05) is 12.1 Å². The molecular weight excluding hydrogens is 429 g/mol. The van der Waals surface area contributed by atoms with Crippen LogP contribution in [0.15, 0.2) is 47.7 Å². The van der Waals surface area contributed by atoms with Gasteiger partial charge in [0, 0.05) is 32.1 Å². The van der Waals surface area contributed by atoms with Crippen LogP contribution in [-0.4, -0.2) is 29.6 Å². The predicted molar refractivity (Wildman–Crippen MR) is 109 cm³/mol. The van der Waals surface area contributed by atoms with Crippen molar-refractivity contribution in [3.63, 3.8) is 0 Å². The van der Waals surface area contributed by atoms with Crippen LogP contribution in [-0.2, 0) is 13.1 Å². The van der Waals surface area contributed by atoms with Crippen molar-refractivity contribution >= 4 is 29.9 Å². The summed E-state index contributed by atoms with van der Waals surface area (Å²) in [6, 6.07) is 9.79. The van der Waals surface area contributed by atoms with E-state index in [2.05, 4.69) is 25.6 Å². The van der Waals surface area contributed by atoms with Crippen molar-refractivity contribution in [2.45, 2.75) is 25.9 Å². The Morgan fingerprint density at radius 2 is 2.00 bits per heavy atom. The first-order valence-electron chi connectivity index (χ1n) is 8.25. The van der Waals surface area contributed by atoms with Crippen LogP contribution in [0.3, 0.4) is 0 Å². The van der Waals surface area contributed by atoms with Gasteiger partial charge >= 0.3 is 0 Å². The van der Waals surface area contributed by atoms with Gasteiger partial charge in [-0.25, -0.2) is 4.98 Å². The Labute approximate surface area is 165 Å². The lowest BCUT2D eigenvalue weighted by Gasteiger charge is -2.12. The van der Waals surface area contributed by atoms with Gasteiger partial charge in [-0.3, -0.25) is 9.98 Å². The molecule has 0 amide bonds. The number of nitrogens with zero attached hydrogens (tertiary/aromatic N) is 3. The Hall–Kier alpha value is -1.90. The maximum absolute atomic E-state index is 5.64. The molecule has 25 heavy (non-hydrogen) atoms. The number of ether oxygens (including phenoxy) is 1. The number of aliphatic imine (C=N–C) groups is 1. The van der Waals surface area contributed by atoms with Crippen molar-refractivity contribution < 1.29 is 4.74 Å². The molecule has 2 heterocycles. The minimum atomic E-state index is 0. The molecule has 2 aromatic rings. The molecule has 0 spiro atoms. The van der Waals surface area contributed by atoms with Gasteiger partial charge < -0.3 is 15.4 Å². The topological polar surface area (TPSA) is 71.4 Å². The van der Waals surface area contributed by atoms with E-state index in [1.165, 1.54) is 12.8 Å². The smallest absolute Gasteiger partial charge is 0.213 e. The van der Waals surface area contributed by atoms with Crippen LogP contribution in [0.5, 0.6) is 5.88 Å². The Kier molecular flexibility index (Phi) is 7.90. The molecule has 0 atom stereocenters. The molecule has 3 rings (SSSR count). The third kappa shape index (κ3) is 6.85. The van der Waals surface area contributed by atoms with Gasteiger partial charge in [0.15, 0.2) is 5.96 Å². The molecule has 2 N–H and O–H groups in total. The van der Waals surface area contributed by atoms with Gasteiger partial charge in [-0.2, -0.15) is 0 Å². The third-order valence-electron chi connectivity index (χ3n) is 3.81. The van der Waals surface area contributed by atoms with Crippen LogP contribution < -0.4 is 15.4 Å². The predicted octanol–water partition coefficient (Wildman–Crippen LogP) is 2.75. The normalized spacial score (nSPS) is 13.7. The largest absolute Gasteiger partial charge is 0.477 e. The molecule has 7 heteroatoms. The van der Waals surface area contributed by atoms with E-state index < -0.39 is 0 Å². The lowest BCUT2D eigenvalue weighted by Crippen LogP contribution is -2.36. The quantitative estimate of drug-likeness (QED) is 0.383. The van der Waals surface area contributed by atoms with Crippen LogP contribution in [0.1, 0.15) is 24.1 Å². The van der Waals surface area contributed by atoms with E-state index in [0.717, 1.165) is 29.7 Å². The summed E-state index contributed by atoms with van der Waals surface area (Å²) in [6.45, 7) is 2.07. The number of halogens is 1. The first kappa shape index (κ1) is 19.4. The highest BCUT2D eigenvalue weighted by Crippen LogP contribution is 2.29. The van der Waals surface area contributed by atoms with E-state index in [4.69, 9.17) is 4.74 Å². The molecule has 134 valence electrons. The maximum atomic E-state index is 5.64. The lowest BCUT2D eigenvalue weighted by molar-refractivity contribution is 0.288. The second kappa shape index (κ2) is 10.2. The summed E-state index contributed by atoms with van der Waals surface area (Å²) >= 11 is 0. The molecule has 1 fully saturated rings. The standard InChI is InChI=1S/C18H23N5O.HI/c1-19-18(23-12-16-4-2-3-9-20-16)22-11-15-7-8-17(21-10-15)24-13-14-5-6-14;/h2-4,7-10,14H,5-6,11-13H2,1H3,(H2,19,22,23);1H. The summed E-state index contributed by atoms with van der Waals surface area (Å²) in [6.07, 6.45) is 6.19. The fourth-order valence-electron chi connectivity index (χ4n) is 2.17. The van der Waals surface area contributed by atoms with E-state index in [-0.39, 0.29) is 24.0 Å². The van der Waals surface area contributed by atoms with Crippen molar-refractivity contribution in [3.05, 3.63) is 54.0 Å². The van der Waals surface area contributed by atoms with Crippen molar-refractivity contribution in [3.8, 4) is 5.88 Å². The molecule has 1 aliphatic rings. The van der Waals surface area contributed by atoms with Gasteiger partial charge in [0.2, 0.25) is 5.88 Å². The number of hydrogen-bond acceptors (Lipinski definition) is 4. The van der Waals surface area contributed by atoms with Crippen molar-refractivity contribution in [1.29, 1.82) is 0 Å². The van der Waals surface area contributed by atoms with E-state index in [0.29, 0.717) is 19.0 Å². The van der Waals surface area contributed by atoms with Gasteiger partial charge in [0.1, 0.15) is 0 Å². The number of hydrogen-bond donors (Lipinski definition) is 2. The molecule has 1 aliphatic carbocycles. The number of nitrogens with one attached hydrogen (secondary N) is 2. The fraction of sp³-hybridized carbons (Fsp3) is 0.389. The molecule has 0 aliphatic heterocycles. The SMILES string of the molecule is CN=C(NCc1ccc(OCC2CC2)nc1)NCc1ccccn1.I. The summed E-state index contributed by atoms with van der Waals surface area (Å²) in [4.78, 5) is 12.8. The Balaban J connectivity index is 0.00000225. The summed E-state index contributed by atoms with van der Waals surface area (Å²) in [7, 11) is 1.75. The van der Waals surface area contributed by atoms with Crippen LogP contribution in [0.4, 0.5) is 0 Å². The molecule has 1 saturated carbocycles. The van der Waals surface area contributed by atoms with Crippen LogP contribution in [0.25, 0.3) is 0 Å². The zero-order valence-corrected chi connectivity index (χ0v) is 16.6. The van der Waals surface area contributed by atoms with Crippen molar-refractivity contribution in [2.24, 2.45) is 10.9 Å². The highest BCUT2D eigenvalue weighted by atomic mass is 127. The molecule has 2 aromatic heterocycles. The number of aromatic nitrogens is 2. The number of pyridine rings is 2. The second-order valence-electron chi connectivity index (χ2n) is 5.86. The Morgan fingerprint density at radius 1 is 1.16 bits per heavy atom. The zero-order valence-electron chi connectivity index (χ0n) is 14.3. The highest BCUT2D eigenvalue weighted by Gasteiger charge is 2.21. The lowest BCUT2D eigenvalue weighted by atomic mass is 10.3. The summed E-state index contributed by atoms with van der Waals surface area (Å²) in [5, 5.41) is 6.50. The average Bonchev–Trinajstić information content (AvgIpc) is 3.46. The molecule has 0 unspecified atom stereocenters. The molecule has 0 saturated heterocycles.